The number of aromatic nitrogens is 2. The number of nitrogens with one attached hydrogen (secondary N) is 2. The van der Waals surface area contributed by atoms with E-state index in [9.17, 15) is 23.7 Å². The van der Waals surface area contributed by atoms with Crippen LogP contribution in [0, 0.1) is 11.7 Å². The molecule has 1 fully saturated rings. The van der Waals surface area contributed by atoms with Gasteiger partial charge in [-0.25, -0.2) is 8.96 Å². The molecule has 1 saturated heterocycles. The van der Waals surface area contributed by atoms with Gasteiger partial charge in [0, 0.05) is 11.8 Å². The summed E-state index contributed by atoms with van der Waals surface area (Å²) in [6.07, 6.45) is -5.32. The van der Waals surface area contributed by atoms with Gasteiger partial charge in [-0.1, -0.05) is 18.2 Å². The highest BCUT2D eigenvalue weighted by molar-refractivity contribution is 7.71. The van der Waals surface area contributed by atoms with E-state index in [1.807, 2.05) is 0 Å². The number of aryl methyl sites for hydroxylation is 1. The van der Waals surface area contributed by atoms with Gasteiger partial charge >= 0.3 is 13.7 Å². The zero-order valence-corrected chi connectivity index (χ0v) is 21.8. The van der Waals surface area contributed by atoms with Crippen LogP contribution in [0.2, 0.25) is 0 Å². The third kappa shape index (κ3) is 6.87. The number of nitrogens with zero attached hydrogens (tertiary/aromatic N) is 1. The topological polar surface area (TPSA) is 141 Å². The molecule has 0 saturated carbocycles. The fourth-order valence-electron chi connectivity index (χ4n) is 3.35. The number of benzene rings is 1. The van der Waals surface area contributed by atoms with Crippen molar-refractivity contribution in [3.63, 3.8) is 0 Å². The maximum Gasteiger partial charge on any atom is 0.459 e. The maximum atomic E-state index is 15.0. The number of aliphatic hydroxyl groups excluding tert-OH is 1. The van der Waals surface area contributed by atoms with Gasteiger partial charge in [0.05, 0.1) is 12.7 Å². The number of carbonyl (C=O) groups is 1. The van der Waals surface area contributed by atoms with E-state index >= 15 is 0 Å². The molecule has 1 aliphatic rings. The van der Waals surface area contributed by atoms with E-state index in [1.165, 1.54) is 36.7 Å². The number of rotatable bonds is 10. The molecular formula is C22H29FN3O8PS. The van der Waals surface area contributed by atoms with Crippen molar-refractivity contribution in [1.82, 2.24) is 14.6 Å². The lowest BCUT2D eigenvalue weighted by Gasteiger charge is -2.25. The van der Waals surface area contributed by atoms with Gasteiger partial charge in [0.1, 0.15) is 24.0 Å². The van der Waals surface area contributed by atoms with E-state index in [-0.39, 0.29) is 16.1 Å². The lowest BCUT2D eigenvalue weighted by atomic mass is 10.1. The summed E-state index contributed by atoms with van der Waals surface area (Å²) in [5.41, 5.74) is -0.166. The number of H-pyrrole nitrogens is 1. The SMILES string of the molecule is Cc1cn([C@H]2O[C@@H](CO[P@](=O)(N[C@@H](C)C(=O)OC(C)C)Oc3ccccc3)C(O)[C@H]2F)c(=S)[nH]c1=O. The third-order valence-electron chi connectivity index (χ3n) is 5.15. The molecule has 3 N–H and O–H groups in total. The molecule has 1 unspecified atom stereocenters. The second-order valence-corrected chi connectivity index (χ2v) is 10.6. The molecule has 2 heterocycles. The molecule has 0 aliphatic carbocycles. The van der Waals surface area contributed by atoms with Crippen molar-refractivity contribution < 1.29 is 37.4 Å². The molecule has 1 aromatic carbocycles. The first-order valence-corrected chi connectivity index (χ1v) is 13.1. The number of aromatic amines is 1. The third-order valence-corrected chi connectivity index (χ3v) is 7.11. The van der Waals surface area contributed by atoms with Gasteiger partial charge in [-0.3, -0.25) is 23.7 Å². The monoisotopic (exact) mass is 545 g/mol. The molecule has 198 valence electrons. The zero-order chi connectivity index (χ0) is 26.6. The second kappa shape index (κ2) is 11.8. The number of aliphatic hydroxyl groups is 1. The average Bonchev–Trinajstić information content (AvgIpc) is 3.08. The Labute approximate surface area is 212 Å². The molecule has 14 heteroatoms. The van der Waals surface area contributed by atoms with Crippen molar-refractivity contribution in [2.24, 2.45) is 0 Å². The Morgan fingerprint density at radius 1 is 1.33 bits per heavy atom. The van der Waals surface area contributed by atoms with Crippen molar-refractivity contribution in [1.29, 1.82) is 0 Å². The van der Waals surface area contributed by atoms with E-state index in [2.05, 4.69) is 10.1 Å². The quantitative estimate of drug-likeness (QED) is 0.232. The minimum absolute atomic E-state index is 0.0933. The number of halogens is 1. The summed E-state index contributed by atoms with van der Waals surface area (Å²) >= 11 is 5.09. The van der Waals surface area contributed by atoms with Gasteiger partial charge in [0.15, 0.2) is 17.2 Å². The molecule has 1 aromatic heterocycles. The molecule has 1 aliphatic heterocycles. The van der Waals surface area contributed by atoms with Crippen molar-refractivity contribution >= 4 is 25.9 Å². The van der Waals surface area contributed by atoms with Gasteiger partial charge in [-0.2, -0.15) is 5.09 Å². The predicted molar refractivity (Wildman–Crippen MR) is 130 cm³/mol. The smallest absolute Gasteiger partial charge is 0.459 e. The van der Waals surface area contributed by atoms with E-state index in [1.54, 1.807) is 32.0 Å². The Kier molecular flexibility index (Phi) is 9.20. The molecule has 36 heavy (non-hydrogen) atoms. The van der Waals surface area contributed by atoms with Crippen LogP contribution in [0.5, 0.6) is 5.75 Å². The number of alkyl halides is 1. The van der Waals surface area contributed by atoms with E-state index < -0.39 is 62.6 Å². The van der Waals surface area contributed by atoms with Crippen LogP contribution in [0.15, 0.2) is 41.3 Å². The van der Waals surface area contributed by atoms with Crippen LogP contribution in [0.4, 0.5) is 4.39 Å². The highest BCUT2D eigenvalue weighted by Gasteiger charge is 2.47. The summed E-state index contributed by atoms with van der Waals surface area (Å²) < 4.78 is 51.4. The van der Waals surface area contributed by atoms with Crippen molar-refractivity contribution in [3.8, 4) is 5.75 Å². The van der Waals surface area contributed by atoms with Crippen LogP contribution in [0.3, 0.4) is 0 Å². The lowest BCUT2D eigenvalue weighted by molar-refractivity contribution is -0.149. The number of hydrogen-bond donors (Lipinski definition) is 3. The molecular weight excluding hydrogens is 516 g/mol. The largest absolute Gasteiger partial charge is 0.462 e. The first-order chi connectivity index (χ1) is 16.9. The first-order valence-electron chi connectivity index (χ1n) is 11.2. The van der Waals surface area contributed by atoms with Crippen LogP contribution in [0.25, 0.3) is 0 Å². The molecule has 0 spiro atoms. The Morgan fingerprint density at radius 2 is 2.00 bits per heavy atom. The molecule has 0 amide bonds. The summed E-state index contributed by atoms with van der Waals surface area (Å²) in [5.74, 6) is -0.503. The number of esters is 1. The molecule has 0 radical (unpaired) electrons. The summed E-state index contributed by atoms with van der Waals surface area (Å²) in [6.45, 7) is 5.71. The summed E-state index contributed by atoms with van der Waals surface area (Å²) in [7, 11) is -4.25. The fraction of sp³-hybridized carbons (Fsp3) is 0.500. The first kappa shape index (κ1) is 28.2. The summed E-state index contributed by atoms with van der Waals surface area (Å²) in [4.78, 5) is 26.4. The predicted octanol–water partition coefficient (Wildman–Crippen LogP) is 2.94. The van der Waals surface area contributed by atoms with Crippen LogP contribution in [-0.4, -0.2) is 57.8 Å². The lowest BCUT2D eigenvalue weighted by Crippen LogP contribution is -2.37. The molecule has 6 atom stereocenters. The zero-order valence-electron chi connectivity index (χ0n) is 20.1. The Bertz CT molecular complexity index is 1220. The Hall–Kier alpha value is -2.41. The molecule has 2 aromatic rings. The highest BCUT2D eigenvalue weighted by Crippen LogP contribution is 2.46. The second-order valence-electron chi connectivity index (χ2n) is 8.51. The van der Waals surface area contributed by atoms with E-state index in [0.717, 1.165) is 0 Å². The highest BCUT2D eigenvalue weighted by atomic mass is 32.1. The minimum atomic E-state index is -4.25. The summed E-state index contributed by atoms with van der Waals surface area (Å²) in [6, 6.07) is 7.00. The van der Waals surface area contributed by atoms with Gasteiger partial charge in [0.2, 0.25) is 0 Å². The number of ether oxygens (including phenoxy) is 2. The van der Waals surface area contributed by atoms with Crippen LogP contribution < -0.4 is 15.2 Å². The van der Waals surface area contributed by atoms with E-state index in [4.69, 9.17) is 30.7 Å². The van der Waals surface area contributed by atoms with Gasteiger partial charge in [0.25, 0.3) is 5.56 Å². The minimum Gasteiger partial charge on any atom is -0.462 e. The Morgan fingerprint density at radius 3 is 2.64 bits per heavy atom. The molecule has 11 nitrogen and oxygen atoms in total. The number of carbonyl (C=O) groups excluding carboxylic acids is 1. The average molecular weight is 546 g/mol. The molecule has 3 rings (SSSR count). The summed E-state index contributed by atoms with van der Waals surface area (Å²) in [5, 5.41) is 12.9. The van der Waals surface area contributed by atoms with Crippen LogP contribution >= 0.6 is 20.0 Å². The normalized spacial score (nSPS) is 24.3. The maximum absolute atomic E-state index is 15.0. The fourth-order valence-corrected chi connectivity index (χ4v) is 5.10. The van der Waals surface area contributed by atoms with Crippen molar-refractivity contribution in [2.75, 3.05) is 6.61 Å². The van der Waals surface area contributed by atoms with Gasteiger partial charge in [-0.15, -0.1) is 0 Å². The number of hydrogen-bond acceptors (Lipinski definition) is 9. The van der Waals surface area contributed by atoms with Gasteiger partial charge < -0.3 is 19.1 Å². The van der Waals surface area contributed by atoms with Crippen LogP contribution in [-0.2, 0) is 23.4 Å². The van der Waals surface area contributed by atoms with Crippen molar-refractivity contribution in [2.45, 2.75) is 64.4 Å². The van der Waals surface area contributed by atoms with Gasteiger partial charge in [-0.05, 0) is 52.0 Å². The van der Waals surface area contributed by atoms with Crippen molar-refractivity contribution in [3.05, 3.63) is 57.2 Å². The number of para-hydroxylation sites is 1. The van der Waals surface area contributed by atoms with E-state index in [0.29, 0.717) is 0 Å². The Balaban J connectivity index is 1.77. The van der Waals surface area contributed by atoms with Crippen LogP contribution in [0.1, 0.15) is 32.6 Å². The standard InChI is InChI=1S/C22H29FN3O8PS/c1-12(2)32-21(29)14(4)25-35(30,34-15-8-6-5-7-9-15)31-11-16-18(27)17(23)20(33-16)26-10-13(3)19(28)24-22(26)36/h5-10,12,14,16-18,20,27H,11H2,1-4H3,(H,25,30)(H,24,28,36)/t14-,16-,17+,18?,20-,35+/m0/s1. The molecule has 0 bridgehead atoms.